The molecule has 0 spiro atoms. The van der Waals surface area contributed by atoms with Gasteiger partial charge in [0.2, 0.25) is 10.0 Å². The van der Waals surface area contributed by atoms with E-state index in [1.54, 1.807) is 6.07 Å². The molecule has 0 aliphatic carbocycles. The van der Waals surface area contributed by atoms with Crippen molar-refractivity contribution >= 4 is 57.2 Å². The fraction of sp³-hybridized carbons (Fsp3) is 0.0769. The van der Waals surface area contributed by atoms with E-state index < -0.39 is 15.9 Å². The molecule has 0 radical (unpaired) electrons. The molecule has 0 aliphatic heterocycles. The lowest BCUT2D eigenvalue weighted by Crippen LogP contribution is -2.21. The van der Waals surface area contributed by atoms with Crippen LogP contribution in [-0.2, 0) is 15.8 Å². The molecule has 11 heteroatoms. The lowest BCUT2D eigenvalue weighted by molar-refractivity contribution is 0.0701. The van der Waals surface area contributed by atoms with Gasteiger partial charge in [-0.05, 0) is 29.8 Å². The minimum Gasteiger partial charge on any atom is -0.288 e. The number of anilines is 1. The number of nitrogens with one attached hydrogen (secondary N) is 2. The summed E-state index contributed by atoms with van der Waals surface area (Å²) in [6, 6.07) is 7.08. The monoisotopic (exact) mass is 411 g/mol. The lowest BCUT2D eigenvalue weighted by Gasteiger charge is -2.09. The molecule has 1 amide bonds. The van der Waals surface area contributed by atoms with E-state index in [9.17, 15) is 13.2 Å². The molecule has 1 aromatic heterocycles. The number of sulfonamides is 1. The van der Waals surface area contributed by atoms with Crippen LogP contribution in [0.2, 0.25) is 10.0 Å². The van der Waals surface area contributed by atoms with Crippen molar-refractivity contribution in [3.63, 3.8) is 0 Å². The van der Waals surface area contributed by atoms with Gasteiger partial charge in [-0.25, -0.2) is 13.9 Å². The van der Waals surface area contributed by atoms with Crippen molar-refractivity contribution in [3.05, 3.63) is 57.8 Å². The van der Waals surface area contributed by atoms with Gasteiger partial charge in [-0.2, -0.15) is 0 Å². The molecule has 0 saturated heterocycles. The number of rotatable bonds is 5. The second-order valence-corrected chi connectivity index (χ2v) is 7.02. The summed E-state index contributed by atoms with van der Waals surface area (Å²) in [5.74, 6) is -1.18. The Balaban J connectivity index is 0.00000288. The molecule has 1 heterocycles. The van der Waals surface area contributed by atoms with Crippen LogP contribution in [0, 0.1) is 0 Å². The zero-order chi connectivity index (χ0) is 17.0. The second-order valence-electron chi connectivity index (χ2n) is 4.48. The fourth-order valence-electron chi connectivity index (χ4n) is 1.74. The first-order valence-corrected chi connectivity index (χ1v) is 8.56. The van der Waals surface area contributed by atoms with E-state index >= 15 is 0 Å². The zero-order valence-electron chi connectivity index (χ0n) is 11.9. The number of carbonyl (C=O) groups excluding carboxylic acids is 1. The molecule has 0 fully saturated rings. The highest BCUT2D eigenvalue weighted by molar-refractivity contribution is 7.91. The summed E-state index contributed by atoms with van der Waals surface area (Å²) >= 11 is 11.6. The van der Waals surface area contributed by atoms with Crippen molar-refractivity contribution in [2.45, 2.75) is 5.75 Å². The smallest absolute Gasteiger partial charge is 0.288 e. The van der Waals surface area contributed by atoms with Crippen molar-refractivity contribution in [1.29, 1.82) is 0 Å². The van der Waals surface area contributed by atoms with Crippen LogP contribution < -0.4 is 10.2 Å². The number of carbonyl (C=O) groups is 1. The number of benzene rings is 1. The second kappa shape index (κ2) is 8.50. The number of hydroxylamine groups is 1. The van der Waals surface area contributed by atoms with E-state index in [1.165, 1.54) is 35.9 Å². The molecule has 0 aliphatic rings. The normalized spacial score (nSPS) is 10.6. The van der Waals surface area contributed by atoms with Gasteiger partial charge in [-0.15, -0.1) is 12.4 Å². The van der Waals surface area contributed by atoms with E-state index in [0.717, 1.165) is 0 Å². The predicted molar refractivity (Wildman–Crippen MR) is 93.4 cm³/mol. The summed E-state index contributed by atoms with van der Waals surface area (Å²) in [6.07, 6.45) is 1.24. The molecule has 1 aromatic carbocycles. The summed E-state index contributed by atoms with van der Waals surface area (Å²) < 4.78 is 26.6. The standard InChI is InChI=1S/C13H11Cl2N3O4S.ClH/c14-10-2-1-8(5-11(10)15)7-23(21,22)18-9-3-4-16-12(6-9)13(19)17-20;/h1-6,20H,7H2,(H,16,18)(H,17,19);1H. The molecule has 0 bridgehead atoms. The van der Waals surface area contributed by atoms with Crippen LogP contribution in [0.1, 0.15) is 16.1 Å². The van der Waals surface area contributed by atoms with Crippen LogP contribution in [0.3, 0.4) is 0 Å². The number of amides is 1. The SMILES string of the molecule is Cl.O=C(NO)c1cc(NS(=O)(=O)Cc2ccc(Cl)c(Cl)c2)ccn1. The van der Waals surface area contributed by atoms with Gasteiger partial charge in [0.25, 0.3) is 5.91 Å². The fourth-order valence-corrected chi connectivity index (χ4v) is 3.24. The first-order valence-electron chi connectivity index (χ1n) is 6.15. The van der Waals surface area contributed by atoms with Crippen molar-refractivity contribution in [1.82, 2.24) is 10.5 Å². The van der Waals surface area contributed by atoms with Gasteiger partial charge in [-0.3, -0.25) is 19.7 Å². The molecule has 24 heavy (non-hydrogen) atoms. The van der Waals surface area contributed by atoms with Gasteiger partial charge in [0.15, 0.2) is 0 Å². The van der Waals surface area contributed by atoms with Crippen LogP contribution in [0.15, 0.2) is 36.5 Å². The Bertz CT molecular complexity index is 846. The molecule has 0 saturated carbocycles. The van der Waals surface area contributed by atoms with Crippen molar-refractivity contribution in [2.75, 3.05) is 4.72 Å². The van der Waals surface area contributed by atoms with E-state index in [-0.39, 0.29) is 34.6 Å². The third-order valence-corrected chi connectivity index (χ3v) is 4.71. The maximum Gasteiger partial charge on any atom is 0.293 e. The van der Waals surface area contributed by atoms with Crippen LogP contribution in [0.5, 0.6) is 0 Å². The Kier molecular flexibility index (Phi) is 7.25. The first-order chi connectivity index (χ1) is 10.8. The molecule has 2 rings (SSSR count). The largest absolute Gasteiger partial charge is 0.293 e. The van der Waals surface area contributed by atoms with Crippen molar-refractivity contribution in [3.8, 4) is 0 Å². The van der Waals surface area contributed by atoms with E-state index in [1.807, 2.05) is 0 Å². The summed E-state index contributed by atoms with van der Waals surface area (Å²) in [5, 5.41) is 9.14. The number of pyridine rings is 1. The van der Waals surface area contributed by atoms with Gasteiger partial charge < -0.3 is 0 Å². The van der Waals surface area contributed by atoms with Gasteiger partial charge >= 0.3 is 0 Å². The van der Waals surface area contributed by atoms with E-state index in [0.29, 0.717) is 10.6 Å². The average Bonchev–Trinajstić information content (AvgIpc) is 2.49. The summed E-state index contributed by atoms with van der Waals surface area (Å²) in [5.41, 5.74) is 1.87. The zero-order valence-corrected chi connectivity index (χ0v) is 15.0. The quantitative estimate of drug-likeness (QED) is 0.517. The van der Waals surface area contributed by atoms with Crippen LogP contribution >= 0.6 is 35.6 Å². The highest BCUT2D eigenvalue weighted by Gasteiger charge is 2.14. The summed E-state index contributed by atoms with van der Waals surface area (Å²) in [4.78, 5) is 15.0. The lowest BCUT2D eigenvalue weighted by atomic mass is 10.2. The summed E-state index contributed by atoms with van der Waals surface area (Å²) in [6.45, 7) is 0. The van der Waals surface area contributed by atoms with Crippen LogP contribution in [0.4, 0.5) is 5.69 Å². The van der Waals surface area contributed by atoms with Crippen LogP contribution in [-0.4, -0.2) is 24.5 Å². The Hall–Kier alpha value is -1.58. The molecule has 0 unspecified atom stereocenters. The topological polar surface area (TPSA) is 108 Å². The first kappa shape index (κ1) is 20.5. The van der Waals surface area contributed by atoms with Crippen molar-refractivity contribution in [2.24, 2.45) is 0 Å². The number of halogens is 3. The maximum atomic E-state index is 12.2. The molecule has 130 valence electrons. The van der Waals surface area contributed by atoms with Gasteiger partial charge in [-0.1, -0.05) is 29.3 Å². The third-order valence-electron chi connectivity index (χ3n) is 2.71. The van der Waals surface area contributed by atoms with Gasteiger partial charge in [0.05, 0.1) is 21.5 Å². The average molecular weight is 413 g/mol. The highest BCUT2D eigenvalue weighted by atomic mass is 35.5. The number of hydrogen-bond donors (Lipinski definition) is 3. The molecular weight excluding hydrogens is 401 g/mol. The van der Waals surface area contributed by atoms with Crippen LogP contribution in [0.25, 0.3) is 0 Å². The molecule has 7 nitrogen and oxygen atoms in total. The molecular formula is C13H12Cl3N3O4S. The number of aromatic nitrogens is 1. The van der Waals surface area contributed by atoms with Gasteiger partial charge in [0.1, 0.15) is 5.69 Å². The molecule has 2 aromatic rings. The van der Waals surface area contributed by atoms with Gasteiger partial charge in [0, 0.05) is 6.20 Å². The Morgan fingerprint density at radius 1 is 1.17 bits per heavy atom. The molecule has 0 atom stereocenters. The summed E-state index contributed by atoms with van der Waals surface area (Å²) in [7, 11) is -3.74. The molecule has 3 N–H and O–H groups in total. The highest BCUT2D eigenvalue weighted by Crippen LogP contribution is 2.24. The predicted octanol–water partition coefficient (Wildman–Crippen LogP) is 2.87. The van der Waals surface area contributed by atoms with Crippen molar-refractivity contribution < 1.29 is 18.4 Å². The maximum absolute atomic E-state index is 12.2. The number of hydrogen-bond acceptors (Lipinski definition) is 5. The Morgan fingerprint density at radius 2 is 1.88 bits per heavy atom. The minimum absolute atomic E-state index is 0. The Labute approximate surface area is 154 Å². The van der Waals surface area contributed by atoms with E-state index in [2.05, 4.69) is 9.71 Å². The number of nitrogens with zero attached hydrogens (tertiary/aromatic N) is 1. The third kappa shape index (κ3) is 5.50. The van der Waals surface area contributed by atoms with E-state index in [4.69, 9.17) is 28.4 Å². The Morgan fingerprint density at radius 3 is 2.50 bits per heavy atom. The minimum atomic E-state index is -3.74.